The predicted molar refractivity (Wildman–Crippen MR) is 79.1 cm³/mol. The van der Waals surface area contributed by atoms with Gasteiger partial charge in [-0.05, 0) is 44.9 Å². The summed E-state index contributed by atoms with van der Waals surface area (Å²) >= 11 is 0. The standard InChI is InChI=1S/C16H20FN3/c1-5-13-10(2)14(18)20-15(19-13)16(3,4)11-6-8-12(17)9-7-11/h6-9H,5H2,1-4H3,(H2,18,19,20). The second-order valence-corrected chi connectivity index (χ2v) is 5.49. The number of anilines is 1. The normalized spacial score (nSPS) is 11.7. The molecule has 0 bridgehead atoms. The third-order valence-electron chi connectivity index (χ3n) is 3.74. The van der Waals surface area contributed by atoms with Crippen LogP contribution in [0.1, 0.15) is 43.4 Å². The second kappa shape index (κ2) is 5.19. The zero-order valence-electron chi connectivity index (χ0n) is 12.4. The highest BCUT2D eigenvalue weighted by Crippen LogP contribution is 2.30. The van der Waals surface area contributed by atoms with E-state index in [-0.39, 0.29) is 5.82 Å². The Morgan fingerprint density at radius 1 is 1.15 bits per heavy atom. The molecular formula is C16H20FN3. The first-order valence-corrected chi connectivity index (χ1v) is 6.75. The fourth-order valence-corrected chi connectivity index (χ4v) is 2.20. The van der Waals surface area contributed by atoms with Crippen LogP contribution in [-0.2, 0) is 11.8 Å². The number of benzene rings is 1. The van der Waals surface area contributed by atoms with Gasteiger partial charge in [-0.15, -0.1) is 0 Å². The SMILES string of the molecule is CCc1nc(C(C)(C)c2ccc(F)cc2)nc(N)c1C. The topological polar surface area (TPSA) is 51.8 Å². The van der Waals surface area contributed by atoms with Crippen molar-refractivity contribution in [3.63, 3.8) is 0 Å². The van der Waals surface area contributed by atoms with Crippen molar-refractivity contribution in [1.29, 1.82) is 0 Å². The lowest BCUT2D eigenvalue weighted by atomic mass is 9.83. The highest BCUT2D eigenvalue weighted by molar-refractivity contribution is 5.43. The van der Waals surface area contributed by atoms with E-state index in [2.05, 4.69) is 9.97 Å². The van der Waals surface area contributed by atoms with E-state index in [1.807, 2.05) is 27.7 Å². The lowest BCUT2D eigenvalue weighted by molar-refractivity contribution is 0.579. The van der Waals surface area contributed by atoms with E-state index in [0.29, 0.717) is 11.6 Å². The maximum Gasteiger partial charge on any atom is 0.140 e. The fourth-order valence-electron chi connectivity index (χ4n) is 2.20. The van der Waals surface area contributed by atoms with Crippen LogP contribution in [0.4, 0.5) is 10.2 Å². The zero-order valence-corrected chi connectivity index (χ0v) is 12.4. The maximum absolute atomic E-state index is 13.1. The molecule has 0 unspecified atom stereocenters. The highest BCUT2D eigenvalue weighted by Gasteiger charge is 2.27. The van der Waals surface area contributed by atoms with Gasteiger partial charge in [0.2, 0.25) is 0 Å². The van der Waals surface area contributed by atoms with E-state index < -0.39 is 5.41 Å². The Morgan fingerprint density at radius 2 is 1.75 bits per heavy atom. The predicted octanol–water partition coefficient (Wildman–Crippen LogP) is 3.39. The van der Waals surface area contributed by atoms with Crippen LogP contribution in [0.25, 0.3) is 0 Å². The zero-order chi connectivity index (χ0) is 14.9. The molecule has 4 heteroatoms. The van der Waals surface area contributed by atoms with Gasteiger partial charge in [0.15, 0.2) is 0 Å². The summed E-state index contributed by atoms with van der Waals surface area (Å²) < 4.78 is 13.1. The van der Waals surface area contributed by atoms with Crippen LogP contribution in [0.15, 0.2) is 24.3 Å². The van der Waals surface area contributed by atoms with Gasteiger partial charge >= 0.3 is 0 Å². The molecule has 1 aromatic heterocycles. The molecule has 0 saturated heterocycles. The van der Waals surface area contributed by atoms with Crippen LogP contribution < -0.4 is 5.73 Å². The minimum absolute atomic E-state index is 0.247. The molecule has 1 aromatic carbocycles. The van der Waals surface area contributed by atoms with Gasteiger partial charge < -0.3 is 5.73 Å². The fraction of sp³-hybridized carbons (Fsp3) is 0.375. The van der Waals surface area contributed by atoms with Gasteiger partial charge in [0.05, 0.1) is 0 Å². The Labute approximate surface area is 119 Å². The first-order valence-electron chi connectivity index (χ1n) is 6.75. The molecule has 0 aliphatic carbocycles. The third-order valence-corrected chi connectivity index (χ3v) is 3.74. The Kier molecular flexibility index (Phi) is 3.75. The Bertz CT molecular complexity index is 618. The molecular weight excluding hydrogens is 253 g/mol. The van der Waals surface area contributed by atoms with Crippen LogP contribution in [0.3, 0.4) is 0 Å². The Morgan fingerprint density at radius 3 is 2.30 bits per heavy atom. The molecule has 3 nitrogen and oxygen atoms in total. The first kappa shape index (κ1) is 14.4. The second-order valence-electron chi connectivity index (χ2n) is 5.49. The minimum Gasteiger partial charge on any atom is -0.383 e. The first-order chi connectivity index (χ1) is 9.36. The minimum atomic E-state index is -0.417. The Balaban J connectivity index is 2.53. The average molecular weight is 273 g/mol. The van der Waals surface area contributed by atoms with Crippen LogP contribution in [-0.4, -0.2) is 9.97 Å². The van der Waals surface area contributed by atoms with Crippen molar-refractivity contribution in [2.24, 2.45) is 0 Å². The number of hydrogen-bond acceptors (Lipinski definition) is 3. The molecule has 2 aromatic rings. The van der Waals surface area contributed by atoms with Gasteiger partial charge in [-0.25, -0.2) is 14.4 Å². The summed E-state index contributed by atoms with van der Waals surface area (Å²) in [6.45, 7) is 8.01. The Hall–Kier alpha value is -1.97. The molecule has 0 saturated carbocycles. The highest BCUT2D eigenvalue weighted by atomic mass is 19.1. The number of aromatic nitrogens is 2. The summed E-state index contributed by atoms with van der Waals surface area (Å²) in [6.07, 6.45) is 0.811. The summed E-state index contributed by atoms with van der Waals surface area (Å²) in [5, 5.41) is 0. The summed E-state index contributed by atoms with van der Waals surface area (Å²) in [5.74, 6) is 0.939. The molecule has 1 heterocycles. The van der Waals surface area contributed by atoms with E-state index in [4.69, 9.17) is 5.73 Å². The van der Waals surface area contributed by atoms with E-state index in [1.165, 1.54) is 12.1 Å². The van der Waals surface area contributed by atoms with Crippen molar-refractivity contribution in [1.82, 2.24) is 9.97 Å². The van der Waals surface area contributed by atoms with Crippen LogP contribution >= 0.6 is 0 Å². The lowest BCUT2D eigenvalue weighted by Crippen LogP contribution is -2.24. The molecule has 0 spiro atoms. The molecule has 20 heavy (non-hydrogen) atoms. The van der Waals surface area contributed by atoms with Crippen molar-refractivity contribution >= 4 is 5.82 Å². The van der Waals surface area contributed by atoms with Crippen LogP contribution in [0, 0.1) is 12.7 Å². The number of nitrogen functional groups attached to an aromatic ring is 1. The molecule has 0 amide bonds. The number of halogens is 1. The number of hydrogen-bond donors (Lipinski definition) is 1. The van der Waals surface area contributed by atoms with Crippen LogP contribution in [0.2, 0.25) is 0 Å². The molecule has 0 fully saturated rings. The third kappa shape index (κ3) is 2.50. The maximum atomic E-state index is 13.1. The van der Waals surface area contributed by atoms with Gasteiger partial charge in [0.1, 0.15) is 17.5 Å². The van der Waals surface area contributed by atoms with Gasteiger partial charge in [-0.2, -0.15) is 0 Å². The quantitative estimate of drug-likeness (QED) is 0.932. The summed E-state index contributed by atoms with van der Waals surface area (Å²) in [7, 11) is 0. The van der Waals surface area contributed by atoms with Gasteiger partial charge in [-0.3, -0.25) is 0 Å². The number of aryl methyl sites for hydroxylation is 1. The molecule has 0 aliphatic heterocycles. The molecule has 106 valence electrons. The molecule has 2 rings (SSSR count). The van der Waals surface area contributed by atoms with Crippen molar-refractivity contribution in [3.8, 4) is 0 Å². The van der Waals surface area contributed by atoms with E-state index >= 15 is 0 Å². The smallest absolute Gasteiger partial charge is 0.140 e. The average Bonchev–Trinajstić information content (AvgIpc) is 2.42. The van der Waals surface area contributed by atoms with Crippen molar-refractivity contribution < 1.29 is 4.39 Å². The van der Waals surface area contributed by atoms with Gasteiger partial charge in [0.25, 0.3) is 0 Å². The molecule has 0 radical (unpaired) electrons. The van der Waals surface area contributed by atoms with E-state index in [1.54, 1.807) is 12.1 Å². The van der Waals surface area contributed by atoms with Gasteiger partial charge in [0, 0.05) is 16.7 Å². The number of rotatable bonds is 3. The van der Waals surface area contributed by atoms with Crippen LogP contribution in [0.5, 0.6) is 0 Å². The summed E-state index contributed by atoms with van der Waals surface area (Å²) in [5.41, 5.74) is 8.43. The summed E-state index contributed by atoms with van der Waals surface area (Å²) in [4.78, 5) is 9.06. The van der Waals surface area contributed by atoms with Gasteiger partial charge in [-0.1, -0.05) is 19.1 Å². The molecule has 0 atom stereocenters. The van der Waals surface area contributed by atoms with Crippen molar-refractivity contribution in [3.05, 3.63) is 52.7 Å². The van der Waals surface area contributed by atoms with E-state index in [0.717, 1.165) is 23.2 Å². The summed E-state index contributed by atoms with van der Waals surface area (Å²) in [6, 6.07) is 6.44. The lowest BCUT2D eigenvalue weighted by Gasteiger charge is -2.25. The van der Waals surface area contributed by atoms with Crippen molar-refractivity contribution in [2.75, 3.05) is 5.73 Å². The number of nitrogens with two attached hydrogens (primary N) is 1. The van der Waals surface area contributed by atoms with Crippen molar-refractivity contribution in [2.45, 2.75) is 39.5 Å². The number of nitrogens with zero attached hydrogens (tertiary/aromatic N) is 2. The molecule has 2 N–H and O–H groups in total. The van der Waals surface area contributed by atoms with E-state index in [9.17, 15) is 4.39 Å². The largest absolute Gasteiger partial charge is 0.383 e. The molecule has 0 aliphatic rings. The monoisotopic (exact) mass is 273 g/mol.